The van der Waals surface area contributed by atoms with E-state index in [2.05, 4.69) is 5.32 Å². The maximum absolute atomic E-state index is 12.7. The van der Waals surface area contributed by atoms with Crippen molar-refractivity contribution in [3.8, 4) is 17.2 Å². The molecule has 0 radical (unpaired) electrons. The van der Waals surface area contributed by atoms with E-state index in [-0.39, 0.29) is 17.7 Å². The summed E-state index contributed by atoms with van der Waals surface area (Å²) in [4.78, 5) is 24.5. The van der Waals surface area contributed by atoms with Gasteiger partial charge in [-0.25, -0.2) is 8.42 Å². The molecule has 0 saturated carbocycles. The zero-order valence-corrected chi connectivity index (χ0v) is 21.3. The molecule has 3 rings (SSSR count). The lowest BCUT2D eigenvalue weighted by Crippen LogP contribution is -2.29. The highest BCUT2D eigenvalue weighted by molar-refractivity contribution is 7.89. The largest absolute Gasteiger partial charge is 0.507 e. The van der Waals surface area contributed by atoms with Crippen molar-refractivity contribution < 1.29 is 27.9 Å². The molecule has 3 N–H and O–H groups in total. The topological polar surface area (TPSA) is 122 Å². The number of phenolic OH excluding ortho intramolecular Hbond substituents is 1. The Kier molecular flexibility index (Phi) is 8.71. The number of amides is 2. The summed E-state index contributed by atoms with van der Waals surface area (Å²) in [5.41, 5.74) is 3.65. The second kappa shape index (κ2) is 11.7. The van der Waals surface area contributed by atoms with Crippen molar-refractivity contribution in [2.75, 3.05) is 6.26 Å². The molecule has 3 aromatic rings. The van der Waals surface area contributed by atoms with Gasteiger partial charge in [-0.3, -0.25) is 14.3 Å². The molecule has 0 heterocycles. The minimum Gasteiger partial charge on any atom is -0.507 e. The zero-order valence-electron chi connectivity index (χ0n) is 20.5. The van der Waals surface area contributed by atoms with E-state index in [9.17, 15) is 23.1 Å². The van der Waals surface area contributed by atoms with Gasteiger partial charge in [-0.05, 0) is 60.2 Å². The van der Waals surface area contributed by atoms with E-state index in [0.717, 1.165) is 28.5 Å². The van der Waals surface area contributed by atoms with Gasteiger partial charge in [0, 0.05) is 13.0 Å². The molecule has 8 nitrogen and oxygen atoms in total. The lowest BCUT2D eigenvalue weighted by molar-refractivity contribution is -0.119. The summed E-state index contributed by atoms with van der Waals surface area (Å²) >= 11 is 0. The summed E-state index contributed by atoms with van der Waals surface area (Å²) in [6.07, 6.45) is 2.01. The Balaban J connectivity index is 1.74. The lowest BCUT2D eigenvalue weighted by Gasteiger charge is -2.16. The van der Waals surface area contributed by atoms with Crippen LogP contribution in [0.15, 0.2) is 60.7 Å². The fourth-order valence-electron chi connectivity index (χ4n) is 3.75. The number of carbonyl (C=O) groups excluding carboxylic acids is 2. The molecular weight excluding hydrogens is 480 g/mol. The summed E-state index contributed by atoms with van der Waals surface area (Å²) < 4.78 is 30.6. The van der Waals surface area contributed by atoms with Crippen LogP contribution in [-0.4, -0.2) is 31.6 Å². The van der Waals surface area contributed by atoms with Crippen molar-refractivity contribution in [1.82, 2.24) is 10.0 Å². The first-order valence-corrected chi connectivity index (χ1v) is 13.4. The Hall–Kier alpha value is -3.85. The van der Waals surface area contributed by atoms with E-state index >= 15 is 0 Å². The van der Waals surface area contributed by atoms with E-state index in [1.54, 1.807) is 6.07 Å². The van der Waals surface area contributed by atoms with Crippen molar-refractivity contribution in [3.05, 3.63) is 88.5 Å². The average Bonchev–Trinajstić information content (AvgIpc) is 2.83. The first-order chi connectivity index (χ1) is 17.1. The van der Waals surface area contributed by atoms with Crippen molar-refractivity contribution in [1.29, 1.82) is 0 Å². The average molecular weight is 511 g/mol. The quantitative estimate of drug-likeness (QED) is 0.379. The van der Waals surface area contributed by atoms with Crippen molar-refractivity contribution in [2.45, 2.75) is 39.7 Å². The van der Waals surface area contributed by atoms with Crippen LogP contribution >= 0.6 is 0 Å². The highest BCUT2D eigenvalue weighted by atomic mass is 32.2. The first-order valence-electron chi connectivity index (χ1n) is 11.5. The number of nitrogens with one attached hydrogen (secondary N) is 2. The molecule has 36 heavy (non-hydrogen) atoms. The first kappa shape index (κ1) is 26.7. The highest BCUT2D eigenvalue weighted by Crippen LogP contribution is 2.33. The summed E-state index contributed by atoms with van der Waals surface area (Å²) in [5, 5.41) is 13.0. The van der Waals surface area contributed by atoms with Gasteiger partial charge in [-0.15, -0.1) is 0 Å². The van der Waals surface area contributed by atoms with Crippen LogP contribution in [0.1, 0.15) is 46.0 Å². The number of phenols is 1. The second-order valence-corrected chi connectivity index (χ2v) is 10.2. The number of aryl methyl sites for hydroxylation is 3. The predicted molar refractivity (Wildman–Crippen MR) is 138 cm³/mol. The van der Waals surface area contributed by atoms with Gasteiger partial charge in [0.2, 0.25) is 15.9 Å². The maximum Gasteiger partial charge on any atom is 0.255 e. The van der Waals surface area contributed by atoms with Gasteiger partial charge in [0.15, 0.2) is 0 Å². The third-order valence-corrected chi connectivity index (χ3v) is 6.06. The molecule has 0 bridgehead atoms. The summed E-state index contributed by atoms with van der Waals surface area (Å²) in [7, 11) is -3.59. The number of hydrogen-bond donors (Lipinski definition) is 3. The number of rotatable bonds is 10. The molecule has 0 atom stereocenters. The van der Waals surface area contributed by atoms with Gasteiger partial charge < -0.3 is 15.2 Å². The Labute approximate surface area is 211 Å². The normalized spacial score (nSPS) is 11.1. The molecule has 0 aliphatic heterocycles. The molecule has 0 unspecified atom stereocenters. The fourth-order valence-corrected chi connectivity index (χ4v) is 4.26. The summed E-state index contributed by atoms with van der Waals surface area (Å²) in [5.74, 6) is -0.102. The number of benzene rings is 3. The molecule has 9 heteroatoms. The maximum atomic E-state index is 12.7. The summed E-state index contributed by atoms with van der Waals surface area (Å²) in [6, 6.07) is 17.8. The smallest absolute Gasteiger partial charge is 0.255 e. The van der Waals surface area contributed by atoms with Crippen LogP contribution in [0.2, 0.25) is 0 Å². The minimum absolute atomic E-state index is 0.0370. The Morgan fingerprint density at radius 1 is 1.00 bits per heavy atom. The standard InChI is InChI=1S/C27H30N2O6S/c1-4-21-15-20(10-13-25(31)29-36(3,33)34)14-18(2)26(21)35-22-11-12-24(30)23(16-22)27(32)28-17-19-8-6-5-7-9-19/h5-9,11-12,14-16,30H,4,10,13,17H2,1-3H3,(H,28,32)(H,29,31). The number of carbonyl (C=O) groups is 2. The van der Waals surface area contributed by atoms with Gasteiger partial charge in [0.25, 0.3) is 5.91 Å². The van der Waals surface area contributed by atoms with Gasteiger partial charge in [0.1, 0.15) is 17.2 Å². The van der Waals surface area contributed by atoms with Crippen LogP contribution in [0.4, 0.5) is 0 Å². The Bertz CT molecular complexity index is 1350. The van der Waals surface area contributed by atoms with Crippen LogP contribution in [-0.2, 0) is 34.2 Å². The van der Waals surface area contributed by atoms with E-state index in [1.807, 2.05) is 61.0 Å². The van der Waals surface area contributed by atoms with E-state index < -0.39 is 21.8 Å². The Morgan fingerprint density at radius 2 is 1.72 bits per heavy atom. The molecule has 2 amide bonds. The third-order valence-electron chi connectivity index (χ3n) is 5.46. The van der Waals surface area contributed by atoms with Crippen molar-refractivity contribution in [3.63, 3.8) is 0 Å². The van der Waals surface area contributed by atoms with Crippen LogP contribution in [0, 0.1) is 6.92 Å². The zero-order chi connectivity index (χ0) is 26.3. The van der Waals surface area contributed by atoms with E-state index in [4.69, 9.17) is 4.74 Å². The number of hydrogen-bond acceptors (Lipinski definition) is 6. The molecule has 0 saturated heterocycles. The van der Waals surface area contributed by atoms with Gasteiger partial charge in [0.05, 0.1) is 11.8 Å². The molecule has 0 aliphatic rings. The second-order valence-electron chi connectivity index (χ2n) is 8.50. The molecule has 3 aromatic carbocycles. The number of ether oxygens (including phenoxy) is 1. The van der Waals surface area contributed by atoms with E-state index in [0.29, 0.717) is 30.9 Å². The van der Waals surface area contributed by atoms with Crippen LogP contribution < -0.4 is 14.8 Å². The third kappa shape index (κ3) is 7.58. The van der Waals surface area contributed by atoms with Gasteiger partial charge in [-0.2, -0.15) is 0 Å². The molecule has 0 aliphatic carbocycles. The Morgan fingerprint density at radius 3 is 2.39 bits per heavy atom. The van der Waals surface area contributed by atoms with Crippen LogP contribution in [0.3, 0.4) is 0 Å². The molecule has 190 valence electrons. The lowest BCUT2D eigenvalue weighted by atomic mass is 10.00. The molecular formula is C27H30N2O6S. The highest BCUT2D eigenvalue weighted by Gasteiger charge is 2.16. The number of sulfonamides is 1. The monoisotopic (exact) mass is 510 g/mol. The van der Waals surface area contributed by atoms with Gasteiger partial charge in [-0.1, -0.05) is 49.4 Å². The summed E-state index contributed by atoms with van der Waals surface area (Å²) in [6.45, 7) is 4.18. The molecule has 0 spiro atoms. The number of aromatic hydroxyl groups is 1. The fraction of sp³-hybridized carbons (Fsp3) is 0.259. The predicted octanol–water partition coefficient (Wildman–Crippen LogP) is 3.99. The van der Waals surface area contributed by atoms with Crippen molar-refractivity contribution >= 4 is 21.8 Å². The molecule has 0 aromatic heterocycles. The van der Waals surface area contributed by atoms with E-state index in [1.165, 1.54) is 12.1 Å². The molecule has 0 fully saturated rings. The SMILES string of the molecule is CCc1cc(CCC(=O)NS(C)(=O)=O)cc(C)c1Oc1ccc(O)c(C(=O)NCc2ccccc2)c1. The van der Waals surface area contributed by atoms with Crippen molar-refractivity contribution in [2.24, 2.45) is 0 Å². The van der Waals surface area contributed by atoms with Crippen LogP contribution in [0.25, 0.3) is 0 Å². The minimum atomic E-state index is -3.59. The van der Waals surface area contributed by atoms with Gasteiger partial charge >= 0.3 is 0 Å². The van der Waals surface area contributed by atoms with Crippen LogP contribution in [0.5, 0.6) is 17.2 Å².